The van der Waals surface area contributed by atoms with Crippen molar-refractivity contribution in [3.8, 4) is 5.82 Å². The van der Waals surface area contributed by atoms with Crippen molar-refractivity contribution in [2.45, 2.75) is 52.4 Å². The highest BCUT2D eigenvalue weighted by Gasteiger charge is 2.50. The van der Waals surface area contributed by atoms with E-state index in [0.717, 1.165) is 30.0 Å². The normalized spacial score (nSPS) is 30.6. The van der Waals surface area contributed by atoms with E-state index >= 15 is 0 Å². The maximum Gasteiger partial charge on any atom is 0.254 e. The van der Waals surface area contributed by atoms with Gasteiger partial charge in [-0.2, -0.15) is 10.1 Å². The first-order valence-corrected chi connectivity index (χ1v) is 10.4. The second-order valence-electron chi connectivity index (χ2n) is 9.40. The quantitative estimate of drug-likeness (QED) is 0.850. The molecule has 0 atom stereocenters. The fraction of sp³-hybridized carbons (Fsp3) is 0.619. The van der Waals surface area contributed by atoms with Crippen molar-refractivity contribution in [2.75, 3.05) is 12.3 Å². The van der Waals surface area contributed by atoms with E-state index in [-0.39, 0.29) is 11.9 Å². The average molecular weight is 380 g/mol. The molecule has 4 bridgehead atoms. The van der Waals surface area contributed by atoms with E-state index in [1.807, 2.05) is 13.8 Å². The predicted molar refractivity (Wildman–Crippen MR) is 106 cm³/mol. The molecule has 4 saturated carbocycles. The van der Waals surface area contributed by atoms with Crippen molar-refractivity contribution in [3.63, 3.8) is 0 Å². The van der Waals surface area contributed by atoms with Crippen molar-refractivity contribution in [3.05, 3.63) is 29.2 Å². The number of aromatic nitrogens is 4. The van der Waals surface area contributed by atoms with Crippen LogP contribution in [0.3, 0.4) is 0 Å². The van der Waals surface area contributed by atoms with Gasteiger partial charge in [0.15, 0.2) is 5.82 Å². The van der Waals surface area contributed by atoms with E-state index in [1.54, 1.807) is 16.9 Å². The highest BCUT2D eigenvalue weighted by molar-refractivity contribution is 5.95. The number of carbonyl (C=O) groups excluding carboxylic acids is 1. The highest BCUT2D eigenvalue weighted by atomic mass is 16.1. The monoisotopic (exact) mass is 380 g/mol. The molecule has 2 aromatic rings. The third-order valence-electron chi connectivity index (χ3n) is 7.03. The van der Waals surface area contributed by atoms with Gasteiger partial charge in [-0.3, -0.25) is 4.79 Å². The number of hydrogen-bond acceptors (Lipinski definition) is 5. The van der Waals surface area contributed by atoms with Crippen molar-refractivity contribution in [1.29, 1.82) is 0 Å². The molecule has 6 rings (SSSR count). The summed E-state index contributed by atoms with van der Waals surface area (Å²) >= 11 is 0. The Morgan fingerprint density at radius 3 is 2.43 bits per heavy atom. The molecule has 0 spiro atoms. The lowest BCUT2D eigenvalue weighted by molar-refractivity contribution is -0.0503. The van der Waals surface area contributed by atoms with Crippen molar-refractivity contribution >= 4 is 11.9 Å². The Labute approximate surface area is 165 Å². The van der Waals surface area contributed by atoms with Crippen LogP contribution in [0.1, 0.15) is 60.3 Å². The molecule has 3 N–H and O–H groups in total. The van der Waals surface area contributed by atoms with Crippen LogP contribution in [0, 0.1) is 37.0 Å². The van der Waals surface area contributed by atoms with Gasteiger partial charge in [0, 0.05) is 24.5 Å². The Hall–Kier alpha value is -2.44. The van der Waals surface area contributed by atoms with Crippen LogP contribution in [0.25, 0.3) is 5.82 Å². The first-order valence-electron chi connectivity index (χ1n) is 10.4. The number of nitrogens with one attached hydrogen (secondary N) is 1. The van der Waals surface area contributed by atoms with Gasteiger partial charge in [-0.15, -0.1) is 0 Å². The zero-order valence-electron chi connectivity index (χ0n) is 16.6. The summed E-state index contributed by atoms with van der Waals surface area (Å²) < 4.78 is 1.61. The number of aryl methyl sites for hydroxylation is 2. The van der Waals surface area contributed by atoms with Crippen molar-refractivity contribution in [1.82, 2.24) is 25.1 Å². The number of hydrogen-bond donors (Lipinski definition) is 2. The number of anilines is 1. The molecule has 1 amide bonds. The molecule has 7 nitrogen and oxygen atoms in total. The summed E-state index contributed by atoms with van der Waals surface area (Å²) in [6.07, 6.45) is 9.86. The molecule has 7 heteroatoms. The maximum atomic E-state index is 12.9. The van der Waals surface area contributed by atoms with Crippen molar-refractivity contribution in [2.24, 2.45) is 23.2 Å². The summed E-state index contributed by atoms with van der Waals surface area (Å²) in [7, 11) is 0. The summed E-state index contributed by atoms with van der Waals surface area (Å²) in [6.45, 7) is 4.50. The molecule has 28 heavy (non-hydrogen) atoms. The fourth-order valence-electron chi connectivity index (χ4n) is 6.36. The zero-order valence-corrected chi connectivity index (χ0v) is 16.6. The number of amides is 1. The minimum absolute atomic E-state index is 0.0433. The SMILES string of the molecule is Cc1cc(-n2cc(C(=O)NCC34CC5CC(CC(C5)C3)C4)c(C)n2)nc(N)n1. The molecular weight excluding hydrogens is 352 g/mol. The van der Waals surface area contributed by atoms with Gasteiger partial charge in [0.05, 0.1) is 11.3 Å². The lowest BCUT2D eigenvalue weighted by Gasteiger charge is -2.56. The molecule has 148 valence electrons. The van der Waals surface area contributed by atoms with Crippen molar-refractivity contribution < 1.29 is 4.79 Å². The summed E-state index contributed by atoms with van der Waals surface area (Å²) in [5.74, 6) is 3.40. The van der Waals surface area contributed by atoms with Crippen LogP contribution in [0.2, 0.25) is 0 Å². The van der Waals surface area contributed by atoms with E-state index in [0.29, 0.717) is 22.5 Å². The zero-order chi connectivity index (χ0) is 19.5. The van der Waals surface area contributed by atoms with Gasteiger partial charge in [-0.05, 0) is 75.5 Å². The number of carbonyl (C=O) groups is 1. The third kappa shape index (κ3) is 3.06. The van der Waals surface area contributed by atoms with E-state index in [2.05, 4.69) is 20.4 Å². The Balaban J connectivity index is 1.32. The molecule has 0 aliphatic heterocycles. The summed E-state index contributed by atoms with van der Waals surface area (Å²) in [4.78, 5) is 21.2. The number of nitrogens with zero attached hydrogens (tertiary/aromatic N) is 4. The largest absolute Gasteiger partial charge is 0.368 e. The summed E-state index contributed by atoms with van der Waals surface area (Å²) in [6, 6.07) is 1.81. The predicted octanol–water partition coefficient (Wildman–Crippen LogP) is 2.81. The minimum Gasteiger partial charge on any atom is -0.368 e. The molecule has 2 aromatic heterocycles. The topological polar surface area (TPSA) is 98.7 Å². The smallest absolute Gasteiger partial charge is 0.254 e. The van der Waals surface area contributed by atoms with Gasteiger partial charge in [0.25, 0.3) is 5.91 Å². The van der Waals surface area contributed by atoms with Crippen LogP contribution in [-0.2, 0) is 0 Å². The number of nitrogen functional groups attached to an aromatic ring is 1. The first-order chi connectivity index (χ1) is 13.4. The van der Waals surface area contributed by atoms with E-state index < -0.39 is 0 Å². The minimum atomic E-state index is -0.0433. The summed E-state index contributed by atoms with van der Waals surface area (Å²) in [5.41, 5.74) is 8.13. The van der Waals surface area contributed by atoms with E-state index in [4.69, 9.17) is 5.73 Å². The molecule has 4 aliphatic rings. The molecule has 0 radical (unpaired) electrons. The van der Waals surface area contributed by atoms with Crippen LogP contribution in [0.15, 0.2) is 12.3 Å². The highest BCUT2D eigenvalue weighted by Crippen LogP contribution is 2.59. The van der Waals surface area contributed by atoms with Crippen LogP contribution >= 0.6 is 0 Å². The van der Waals surface area contributed by atoms with E-state index in [1.165, 1.54) is 38.5 Å². The molecular formula is C21H28N6O. The van der Waals surface area contributed by atoms with Gasteiger partial charge in [0.2, 0.25) is 5.95 Å². The fourth-order valence-corrected chi connectivity index (χ4v) is 6.36. The standard InChI is InChI=1S/C21H28N6O/c1-12-3-18(25-20(22)24-12)27-10-17(13(2)26-27)19(28)23-11-21-7-14-4-15(8-21)6-16(5-14)9-21/h3,10,14-16H,4-9,11H2,1-2H3,(H,23,28)(H2,22,24,25). The molecule has 2 heterocycles. The van der Waals surface area contributed by atoms with E-state index in [9.17, 15) is 4.79 Å². The Morgan fingerprint density at radius 1 is 1.18 bits per heavy atom. The number of rotatable bonds is 4. The average Bonchev–Trinajstić information content (AvgIpc) is 3.00. The Kier molecular flexibility index (Phi) is 3.96. The second kappa shape index (κ2) is 6.29. The lowest BCUT2D eigenvalue weighted by atomic mass is 9.49. The van der Waals surface area contributed by atoms with Gasteiger partial charge in [-0.1, -0.05) is 0 Å². The Bertz CT molecular complexity index is 877. The first kappa shape index (κ1) is 17.6. The van der Waals surface area contributed by atoms with Crippen LogP contribution in [0.4, 0.5) is 5.95 Å². The maximum absolute atomic E-state index is 12.9. The van der Waals surface area contributed by atoms with Crippen LogP contribution in [-0.4, -0.2) is 32.2 Å². The second-order valence-corrected chi connectivity index (χ2v) is 9.40. The van der Waals surface area contributed by atoms with Gasteiger partial charge in [0.1, 0.15) is 0 Å². The molecule has 0 unspecified atom stereocenters. The molecule has 0 aromatic carbocycles. The van der Waals surface area contributed by atoms with Gasteiger partial charge >= 0.3 is 0 Å². The van der Waals surface area contributed by atoms with Gasteiger partial charge in [-0.25, -0.2) is 9.67 Å². The van der Waals surface area contributed by atoms with Crippen LogP contribution < -0.4 is 11.1 Å². The molecule has 4 aliphatic carbocycles. The third-order valence-corrected chi connectivity index (χ3v) is 7.03. The number of nitrogens with two attached hydrogens (primary N) is 1. The Morgan fingerprint density at radius 2 is 1.82 bits per heavy atom. The molecule has 0 saturated heterocycles. The van der Waals surface area contributed by atoms with Crippen LogP contribution in [0.5, 0.6) is 0 Å². The lowest BCUT2D eigenvalue weighted by Crippen LogP contribution is -2.51. The summed E-state index contributed by atoms with van der Waals surface area (Å²) in [5, 5.41) is 7.70. The van der Waals surface area contributed by atoms with Gasteiger partial charge < -0.3 is 11.1 Å². The molecule has 4 fully saturated rings.